The molecule has 0 saturated carbocycles. The number of benzene rings is 2. The van der Waals surface area contributed by atoms with Gasteiger partial charge in [0.1, 0.15) is 12.3 Å². The van der Waals surface area contributed by atoms with Gasteiger partial charge in [-0.15, -0.1) is 0 Å². The Kier molecular flexibility index (Phi) is 6.15. The van der Waals surface area contributed by atoms with Crippen LogP contribution in [0, 0.1) is 10.1 Å². The van der Waals surface area contributed by atoms with Crippen molar-refractivity contribution in [2.24, 2.45) is 0 Å². The van der Waals surface area contributed by atoms with E-state index in [0.29, 0.717) is 0 Å². The lowest BCUT2D eigenvalue weighted by Gasteiger charge is -2.22. The van der Waals surface area contributed by atoms with Crippen LogP contribution in [0.3, 0.4) is 0 Å². The van der Waals surface area contributed by atoms with Crippen molar-refractivity contribution in [1.29, 1.82) is 0 Å². The molecule has 10 heteroatoms. The average molecular weight is 398 g/mol. The number of amides is 1. The number of nitrogens with one attached hydrogen (secondary N) is 1. The number of H-pyrrole nitrogens is 1. The van der Waals surface area contributed by atoms with E-state index < -0.39 is 22.3 Å². The summed E-state index contributed by atoms with van der Waals surface area (Å²) in [6, 6.07) is 11.5. The summed E-state index contributed by atoms with van der Waals surface area (Å²) in [6.45, 7) is 0.139. The number of nitrogens with zero attached hydrogens (tertiary/aromatic N) is 3. The van der Waals surface area contributed by atoms with Gasteiger partial charge < -0.3 is 14.5 Å². The summed E-state index contributed by atoms with van der Waals surface area (Å²) in [5, 5.41) is 11.7. The monoisotopic (exact) mass is 398 g/mol. The maximum absolute atomic E-state index is 12.7. The van der Waals surface area contributed by atoms with Crippen LogP contribution in [0.4, 0.5) is 16.2 Å². The van der Waals surface area contributed by atoms with E-state index >= 15 is 0 Å². The standard InChI is InChI=1S/C19H18N4O6/c1-28-8-7-22(19(25)29-11-13-5-3-2-4-6-13)16-10-15-14(9-17(16)23(26)27)18(24)21-12-20-15/h2-6,9-10,12H,7-8,11H2,1H3,(H,20,21,24). The van der Waals surface area contributed by atoms with Gasteiger partial charge in [0.15, 0.2) is 0 Å². The van der Waals surface area contributed by atoms with Crippen LogP contribution in [0.25, 0.3) is 10.9 Å². The van der Waals surface area contributed by atoms with Gasteiger partial charge in [0.05, 0.1) is 35.3 Å². The van der Waals surface area contributed by atoms with Crippen LogP contribution in [0.2, 0.25) is 0 Å². The van der Waals surface area contributed by atoms with Crippen LogP contribution >= 0.6 is 0 Å². The van der Waals surface area contributed by atoms with Crippen molar-refractivity contribution in [3.8, 4) is 0 Å². The number of anilines is 1. The van der Waals surface area contributed by atoms with Crippen LogP contribution in [0.1, 0.15) is 5.56 Å². The van der Waals surface area contributed by atoms with Gasteiger partial charge in [-0.05, 0) is 11.6 Å². The predicted octanol–water partition coefficient (Wildman–Crippen LogP) is 2.62. The summed E-state index contributed by atoms with van der Waals surface area (Å²) in [5.41, 5.74) is 0.0283. The van der Waals surface area contributed by atoms with E-state index in [4.69, 9.17) is 9.47 Å². The Balaban J connectivity index is 1.99. The van der Waals surface area contributed by atoms with Gasteiger partial charge in [0.25, 0.3) is 11.2 Å². The lowest BCUT2D eigenvalue weighted by Crippen LogP contribution is -2.35. The molecule has 0 aliphatic rings. The van der Waals surface area contributed by atoms with E-state index in [9.17, 15) is 19.7 Å². The molecule has 1 N–H and O–H groups in total. The summed E-state index contributed by atoms with van der Waals surface area (Å²) in [7, 11) is 1.45. The Morgan fingerprint density at radius 2 is 2.03 bits per heavy atom. The Labute approximate surface area is 164 Å². The van der Waals surface area contributed by atoms with Crippen molar-refractivity contribution in [2.45, 2.75) is 6.61 Å². The van der Waals surface area contributed by atoms with Crippen LogP contribution < -0.4 is 10.5 Å². The molecule has 0 bridgehead atoms. The highest BCUT2D eigenvalue weighted by Gasteiger charge is 2.27. The largest absolute Gasteiger partial charge is 0.444 e. The average Bonchev–Trinajstić information content (AvgIpc) is 2.73. The van der Waals surface area contributed by atoms with Crippen molar-refractivity contribution in [1.82, 2.24) is 9.97 Å². The number of aromatic nitrogens is 2. The Morgan fingerprint density at radius 1 is 1.28 bits per heavy atom. The second kappa shape index (κ2) is 8.93. The van der Waals surface area contributed by atoms with Gasteiger partial charge in [0.2, 0.25) is 0 Å². The molecular formula is C19H18N4O6. The minimum absolute atomic E-state index is 0.00243. The molecule has 0 unspecified atom stereocenters. The van der Waals surface area contributed by atoms with Gasteiger partial charge in [-0.25, -0.2) is 9.78 Å². The number of hydrogen-bond acceptors (Lipinski definition) is 7. The highest BCUT2D eigenvalue weighted by molar-refractivity contribution is 5.95. The Hall–Kier alpha value is -3.79. The van der Waals surface area contributed by atoms with Crippen molar-refractivity contribution in [3.63, 3.8) is 0 Å². The van der Waals surface area contributed by atoms with E-state index in [2.05, 4.69) is 9.97 Å². The molecule has 0 spiro atoms. The number of fused-ring (bicyclic) bond motifs is 1. The van der Waals surface area contributed by atoms with Crippen molar-refractivity contribution in [3.05, 3.63) is 74.8 Å². The normalized spacial score (nSPS) is 10.7. The molecule has 3 rings (SSSR count). The fraction of sp³-hybridized carbons (Fsp3) is 0.211. The highest BCUT2D eigenvalue weighted by atomic mass is 16.6. The first-order chi connectivity index (χ1) is 14.0. The number of nitro benzene ring substituents is 1. The SMILES string of the molecule is COCCN(C(=O)OCc1ccccc1)c1cc2nc[nH]c(=O)c2cc1[N+](=O)[O-]. The molecule has 0 radical (unpaired) electrons. The van der Waals surface area contributed by atoms with Crippen molar-refractivity contribution in [2.75, 3.05) is 25.2 Å². The Morgan fingerprint density at radius 3 is 2.72 bits per heavy atom. The zero-order chi connectivity index (χ0) is 20.8. The number of carbonyl (C=O) groups excluding carboxylic acids is 1. The second-order valence-corrected chi connectivity index (χ2v) is 6.03. The molecule has 1 aromatic heterocycles. The highest BCUT2D eigenvalue weighted by Crippen LogP contribution is 2.32. The van der Waals surface area contributed by atoms with Crippen LogP contribution in [0.5, 0.6) is 0 Å². The van der Waals surface area contributed by atoms with E-state index in [1.165, 1.54) is 19.5 Å². The Bertz CT molecular complexity index is 1080. The van der Waals surface area contributed by atoms with Crippen LogP contribution in [0.15, 0.2) is 53.6 Å². The first kappa shape index (κ1) is 20.0. The lowest BCUT2D eigenvalue weighted by molar-refractivity contribution is -0.384. The predicted molar refractivity (Wildman–Crippen MR) is 105 cm³/mol. The maximum Gasteiger partial charge on any atom is 0.414 e. The number of rotatable bonds is 7. The fourth-order valence-electron chi connectivity index (χ4n) is 2.74. The molecule has 2 aromatic carbocycles. The summed E-state index contributed by atoms with van der Waals surface area (Å²) in [4.78, 5) is 43.2. The zero-order valence-electron chi connectivity index (χ0n) is 15.5. The topological polar surface area (TPSA) is 128 Å². The van der Waals surface area contributed by atoms with Gasteiger partial charge in [-0.2, -0.15) is 0 Å². The molecule has 0 fully saturated rings. The first-order valence-corrected chi connectivity index (χ1v) is 8.64. The molecule has 0 aliphatic carbocycles. The quantitative estimate of drug-likeness (QED) is 0.478. The molecular weight excluding hydrogens is 380 g/mol. The van der Waals surface area contributed by atoms with E-state index in [1.54, 1.807) is 12.1 Å². The van der Waals surface area contributed by atoms with E-state index in [-0.39, 0.29) is 36.3 Å². The molecule has 3 aromatic rings. The molecule has 150 valence electrons. The third-order valence-corrected chi connectivity index (χ3v) is 4.17. The molecule has 0 saturated heterocycles. The van der Waals surface area contributed by atoms with Crippen molar-refractivity contribution >= 4 is 28.4 Å². The van der Waals surface area contributed by atoms with Gasteiger partial charge >= 0.3 is 6.09 Å². The number of carbonyl (C=O) groups is 1. The van der Waals surface area contributed by atoms with E-state index in [1.807, 2.05) is 18.2 Å². The second-order valence-electron chi connectivity index (χ2n) is 6.03. The van der Waals surface area contributed by atoms with Crippen LogP contribution in [-0.4, -0.2) is 41.2 Å². The minimum Gasteiger partial charge on any atom is -0.444 e. The minimum atomic E-state index is -0.779. The van der Waals surface area contributed by atoms with Gasteiger partial charge in [-0.1, -0.05) is 30.3 Å². The first-order valence-electron chi connectivity index (χ1n) is 8.64. The van der Waals surface area contributed by atoms with Gasteiger partial charge in [-0.3, -0.25) is 19.8 Å². The molecule has 10 nitrogen and oxygen atoms in total. The lowest BCUT2D eigenvalue weighted by atomic mass is 10.1. The third-order valence-electron chi connectivity index (χ3n) is 4.17. The molecule has 1 heterocycles. The molecule has 1 amide bonds. The van der Waals surface area contributed by atoms with E-state index in [0.717, 1.165) is 16.5 Å². The summed E-state index contributed by atoms with van der Waals surface area (Å²) >= 11 is 0. The third kappa shape index (κ3) is 4.55. The molecule has 0 atom stereocenters. The molecule has 29 heavy (non-hydrogen) atoms. The zero-order valence-corrected chi connectivity index (χ0v) is 15.5. The van der Waals surface area contributed by atoms with Crippen LogP contribution in [-0.2, 0) is 16.1 Å². The number of nitro groups is 1. The summed E-state index contributed by atoms with van der Waals surface area (Å²) in [5.74, 6) is 0. The fourth-order valence-corrected chi connectivity index (χ4v) is 2.74. The smallest absolute Gasteiger partial charge is 0.414 e. The summed E-state index contributed by atoms with van der Waals surface area (Å²) in [6.07, 6.45) is 0.409. The number of ether oxygens (including phenoxy) is 2. The number of hydrogen-bond donors (Lipinski definition) is 1. The maximum atomic E-state index is 12.7. The van der Waals surface area contributed by atoms with Gasteiger partial charge in [0, 0.05) is 13.2 Å². The number of methoxy groups -OCH3 is 1. The van der Waals surface area contributed by atoms with Crippen molar-refractivity contribution < 1.29 is 19.2 Å². The molecule has 0 aliphatic heterocycles. The number of aromatic amines is 1. The summed E-state index contributed by atoms with van der Waals surface area (Å²) < 4.78 is 10.4.